The molecule has 0 radical (unpaired) electrons. The summed E-state index contributed by atoms with van der Waals surface area (Å²) in [6.07, 6.45) is 0. The van der Waals surface area contributed by atoms with Crippen LogP contribution in [0.25, 0.3) is 0 Å². The Bertz CT molecular complexity index is 722. The Morgan fingerprint density at radius 3 is 2.50 bits per heavy atom. The summed E-state index contributed by atoms with van der Waals surface area (Å²) in [5.41, 5.74) is 0.517. The van der Waals surface area contributed by atoms with Crippen LogP contribution in [-0.4, -0.2) is 41.2 Å². The Kier molecular flexibility index (Phi) is 6.52. The largest absolute Gasteiger partial charge is 0.508 e. The van der Waals surface area contributed by atoms with Gasteiger partial charge in [0.05, 0.1) is 23.0 Å². The molecule has 2 rings (SSSR count). The van der Waals surface area contributed by atoms with Crippen molar-refractivity contribution in [1.29, 1.82) is 0 Å². The topological polar surface area (TPSA) is 69.6 Å². The number of amides is 2. The van der Waals surface area contributed by atoms with Crippen LogP contribution in [0.15, 0.2) is 53.4 Å². The van der Waals surface area contributed by atoms with Gasteiger partial charge in [0.2, 0.25) is 11.8 Å². The molecule has 0 saturated carbocycles. The number of nitrogens with zero attached hydrogens (tertiary/aromatic N) is 1. The highest BCUT2D eigenvalue weighted by Gasteiger charge is 2.14. The van der Waals surface area contributed by atoms with E-state index in [0.29, 0.717) is 10.7 Å². The minimum Gasteiger partial charge on any atom is -0.508 e. The zero-order chi connectivity index (χ0) is 17.5. The molecule has 0 heterocycles. The number of hydrogen-bond donors (Lipinski definition) is 2. The van der Waals surface area contributed by atoms with Crippen LogP contribution < -0.4 is 5.32 Å². The van der Waals surface area contributed by atoms with Gasteiger partial charge in [-0.2, -0.15) is 0 Å². The molecule has 0 unspecified atom stereocenters. The molecule has 0 atom stereocenters. The summed E-state index contributed by atoms with van der Waals surface area (Å²) >= 11 is 7.32. The number of carbonyl (C=O) groups excluding carboxylic acids is 2. The molecule has 126 valence electrons. The number of likely N-dealkylation sites (N-methyl/N-ethyl adjacent to an activating group) is 1. The molecular formula is C17H17ClN2O3S. The first-order valence-electron chi connectivity index (χ1n) is 7.16. The van der Waals surface area contributed by atoms with Crippen molar-refractivity contribution >= 4 is 40.9 Å². The molecular weight excluding hydrogens is 348 g/mol. The molecule has 0 aliphatic heterocycles. The van der Waals surface area contributed by atoms with Crippen LogP contribution in [0.2, 0.25) is 5.02 Å². The third-order valence-electron chi connectivity index (χ3n) is 3.15. The van der Waals surface area contributed by atoms with Gasteiger partial charge >= 0.3 is 0 Å². The summed E-state index contributed by atoms with van der Waals surface area (Å²) in [6.45, 7) is -0.0554. The van der Waals surface area contributed by atoms with Gasteiger partial charge in [0, 0.05) is 11.9 Å². The molecule has 0 fully saturated rings. The van der Waals surface area contributed by atoms with Gasteiger partial charge < -0.3 is 15.3 Å². The number of halogens is 1. The highest BCUT2D eigenvalue weighted by atomic mass is 35.5. The predicted octanol–water partition coefficient (Wildman–Crippen LogP) is 3.23. The lowest BCUT2D eigenvalue weighted by atomic mass is 10.3. The van der Waals surface area contributed by atoms with E-state index in [1.54, 1.807) is 55.6 Å². The van der Waals surface area contributed by atoms with Crippen molar-refractivity contribution in [3.63, 3.8) is 0 Å². The second-order valence-electron chi connectivity index (χ2n) is 5.06. The number of carbonyl (C=O) groups is 2. The van der Waals surface area contributed by atoms with Crippen LogP contribution in [0.5, 0.6) is 5.75 Å². The number of nitrogens with one attached hydrogen (secondary N) is 1. The minimum atomic E-state index is -0.311. The summed E-state index contributed by atoms with van der Waals surface area (Å²) in [7, 11) is 1.58. The second kappa shape index (κ2) is 8.61. The van der Waals surface area contributed by atoms with Crippen LogP contribution in [0.3, 0.4) is 0 Å². The highest BCUT2D eigenvalue weighted by Crippen LogP contribution is 2.21. The molecule has 0 aliphatic rings. The van der Waals surface area contributed by atoms with E-state index in [4.69, 9.17) is 11.6 Å². The molecule has 24 heavy (non-hydrogen) atoms. The van der Waals surface area contributed by atoms with E-state index in [2.05, 4.69) is 5.32 Å². The molecule has 0 bridgehead atoms. The maximum atomic E-state index is 12.1. The second-order valence-corrected chi connectivity index (χ2v) is 6.52. The van der Waals surface area contributed by atoms with Crippen LogP contribution in [0, 0.1) is 0 Å². The Balaban J connectivity index is 1.81. The number of hydrogen-bond acceptors (Lipinski definition) is 4. The Morgan fingerprint density at radius 2 is 1.83 bits per heavy atom. The van der Waals surface area contributed by atoms with Crippen molar-refractivity contribution in [2.75, 3.05) is 24.7 Å². The molecule has 2 amide bonds. The smallest absolute Gasteiger partial charge is 0.244 e. The fourth-order valence-corrected chi connectivity index (χ4v) is 2.88. The first-order valence-corrected chi connectivity index (χ1v) is 8.52. The van der Waals surface area contributed by atoms with E-state index >= 15 is 0 Å². The number of para-hydroxylation sites is 1. The van der Waals surface area contributed by atoms with Gasteiger partial charge in [0.15, 0.2) is 0 Å². The van der Waals surface area contributed by atoms with E-state index in [-0.39, 0.29) is 29.9 Å². The molecule has 0 aliphatic carbocycles. The number of phenolic OH excluding ortho intramolecular Hbond substituents is 1. The van der Waals surface area contributed by atoms with Crippen molar-refractivity contribution in [2.24, 2.45) is 0 Å². The number of aromatic hydroxyl groups is 1. The fourth-order valence-electron chi connectivity index (χ4n) is 1.85. The molecule has 2 aromatic carbocycles. The Morgan fingerprint density at radius 1 is 1.17 bits per heavy atom. The van der Waals surface area contributed by atoms with Crippen molar-refractivity contribution in [2.45, 2.75) is 4.90 Å². The van der Waals surface area contributed by atoms with E-state index < -0.39 is 0 Å². The van der Waals surface area contributed by atoms with Crippen molar-refractivity contribution in [3.8, 4) is 5.75 Å². The third-order valence-corrected chi connectivity index (χ3v) is 4.48. The zero-order valence-electron chi connectivity index (χ0n) is 13.0. The molecule has 2 N–H and O–H groups in total. The Labute approximate surface area is 149 Å². The standard InChI is InChI=1S/C17H17ClN2O3S/c1-20(10-16(22)19-15-5-3-2-4-14(15)18)17(23)11-24-13-8-6-12(21)7-9-13/h2-9,21H,10-11H2,1H3,(H,19,22). The van der Waals surface area contributed by atoms with Gasteiger partial charge in [-0.15, -0.1) is 11.8 Å². The van der Waals surface area contributed by atoms with E-state index in [9.17, 15) is 14.7 Å². The highest BCUT2D eigenvalue weighted by molar-refractivity contribution is 8.00. The molecule has 7 heteroatoms. The molecule has 0 spiro atoms. The van der Waals surface area contributed by atoms with E-state index in [1.807, 2.05) is 0 Å². The van der Waals surface area contributed by atoms with Crippen molar-refractivity contribution < 1.29 is 14.7 Å². The Hall–Kier alpha value is -2.18. The number of anilines is 1. The van der Waals surface area contributed by atoms with Gasteiger partial charge in [-0.05, 0) is 36.4 Å². The maximum Gasteiger partial charge on any atom is 0.244 e. The lowest BCUT2D eigenvalue weighted by molar-refractivity contribution is -0.131. The normalized spacial score (nSPS) is 10.2. The number of rotatable bonds is 6. The summed E-state index contributed by atoms with van der Waals surface area (Å²) in [5.74, 6) is -0.0873. The SMILES string of the molecule is CN(CC(=O)Nc1ccccc1Cl)C(=O)CSc1ccc(O)cc1. The maximum absolute atomic E-state index is 12.1. The average molecular weight is 365 g/mol. The van der Waals surface area contributed by atoms with Crippen LogP contribution in [0.4, 0.5) is 5.69 Å². The zero-order valence-corrected chi connectivity index (χ0v) is 14.6. The van der Waals surface area contributed by atoms with Gasteiger partial charge in [-0.1, -0.05) is 23.7 Å². The van der Waals surface area contributed by atoms with Gasteiger partial charge in [0.1, 0.15) is 5.75 Å². The number of phenols is 1. The lowest BCUT2D eigenvalue weighted by Crippen LogP contribution is -2.36. The van der Waals surface area contributed by atoms with Gasteiger partial charge in [-0.25, -0.2) is 0 Å². The summed E-state index contributed by atoms with van der Waals surface area (Å²) < 4.78 is 0. The van der Waals surface area contributed by atoms with Crippen molar-refractivity contribution in [1.82, 2.24) is 4.90 Å². The lowest BCUT2D eigenvalue weighted by Gasteiger charge is -2.17. The molecule has 5 nitrogen and oxygen atoms in total. The van der Waals surface area contributed by atoms with Crippen LogP contribution >= 0.6 is 23.4 Å². The number of thioether (sulfide) groups is 1. The van der Waals surface area contributed by atoms with E-state index in [0.717, 1.165) is 4.90 Å². The number of benzene rings is 2. The first kappa shape index (κ1) is 18.2. The average Bonchev–Trinajstić information content (AvgIpc) is 2.56. The van der Waals surface area contributed by atoms with Crippen LogP contribution in [0.1, 0.15) is 0 Å². The molecule has 0 saturated heterocycles. The van der Waals surface area contributed by atoms with E-state index in [1.165, 1.54) is 16.7 Å². The molecule has 2 aromatic rings. The quantitative estimate of drug-likeness (QED) is 0.772. The van der Waals surface area contributed by atoms with Gasteiger partial charge in [0.25, 0.3) is 0 Å². The monoisotopic (exact) mass is 364 g/mol. The fraction of sp³-hybridized carbons (Fsp3) is 0.176. The summed E-state index contributed by atoms with van der Waals surface area (Å²) in [6, 6.07) is 13.5. The minimum absolute atomic E-state index is 0.0554. The predicted molar refractivity (Wildman–Crippen MR) is 96.5 cm³/mol. The van der Waals surface area contributed by atoms with Crippen molar-refractivity contribution in [3.05, 3.63) is 53.6 Å². The summed E-state index contributed by atoms with van der Waals surface area (Å²) in [5, 5.41) is 12.3. The van der Waals surface area contributed by atoms with Crippen LogP contribution in [-0.2, 0) is 9.59 Å². The third kappa shape index (κ3) is 5.47. The van der Waals surface area contributed by atoms with Gasteiger partial charge in [-0.3, -0.25) is 9.59 Å². The molecule has 0 aromatic heterocycles. The summed E-state index contributed by atoms with van der Waals surface area (Å²) in [4.78, 5) is 26.3. The first-order chi connectivity index (χ1) is 11.5.